The van der Waals surface area contributed by atoms with Gasteiger partial charge in [-0.3, -0.25) is 9.59 Å². The molecule has 0 aromatic carbocycles. The van der Waals surface area contributed by atoms with Crippen molar-refractivity contribution < 1.29 is 14.7 Å². The Kier molecular flexibility index (Phi) is 6.70. The molecule has 4 N–H and O–H groups in total. The summed E-state index contributed by atoms with van der Waals surface area (Å²) in [5.74, 6) is -1.51. The van der Waals surface area contributed by atoms with Crippen molar-refractivity contribution in [1.82, 2.24) is 5.32 Å². The Morgan fingerprint density at radius 1 is 1.40 bits per heavy atom. The van der Waals surface area contributed by atoms with Crippen LogP contribution in [0.25, 0.3) is 0 Å². The predicted octanol–water partition coefficient (Wildman–Crippen LogP) is 0.198. The van der Waals surface area contributed by atoms with Crippen LogP contribution in [-0.2, 0) is 9.59 Å². The highest BCUT2D eigenvalue weighted by Crippen LogP contribution is 2.09. The maximum atomic E-state index is 11.2. The van der Waals surface area contributed by atoms with Crippen molar-refractivity contribution in [3.05, 3.63) is 0 Å². The molecule has 0 aromatic heterocycles. The number of carbonyl (C=O) groups is 2. The van der Waals surface area contributed by atoms with Gasteiger partial charge in [0.15, 0.2) is 0 Å². The van der Waals surface area contributed by atoms with E-state index in [9.17, 15) is 9.59 Å². The van der Waals surface area contributed by atoms with Crippen molar-refractivity contribution in [1.29, 1.82) is 0 Å². The van der Waals surface area contributed by atoms with Crippen LogP contribution >= 0.6 is 0 Å². The molecular formula is C10H20N2O3. The lowest BCUT2D eigenvalue weighted by molar-refractivity contribution is -0.143. The van der Waals surface area contributed by atoms with Gasteiger partial charge in [0.2, 0.25) is 5.91 Å². The van der Waals surface area contributed by atoms with Crippen molar-refractivity contribution >= 4 is 11.9 Å². The highest BCUT2D eigenvalue weighted by molar-refractivity contribution is 5.77. The number of hydrogen-bond acceptors (Lipinski definition) is 3. The highest BCUT2D eigenvalue weighted by atomic mass is 16.4. The third-order valence-corrected chi connectivity index (χ3v) is 2.25. The summed E-state index contributed by atoms with van der Waals surface area (Å²) in [6, 6.07) is 0. The molecule has 1 amide bonds. The zero-order valence-corrected chi connectivity index (χ0v) is 9.32. The zero-order valence-electron chi connectivity index (χ0n) is 9.32. The number of aliphatic carboxylic acids is 1. The second kappa shape index (κ2) is 7.23. The summed E-state index contributed by atoms with van der Waals surface area (Å²) in [5, 5.41) is 11.5. The first kappa shape index (κ1) is 13.9. The fraction of sp³-hybridized carbons (Fsp3) is 0.800. The van der Waals surface area contributed by atoms with E-state index < -0.39 is 11.9 Å². The van der Waals surface area contributed by atoms with E-state index in [0.29, 0.717) is 19.4 Å². The van der Waals surface area contributed by atoms with Gasteiger partial charge in [0, 0.05) is 13.0 Å². The van der Waals surface area contributed by atoms with E-state index in [1.165, 1.54) is 0 Å². The fourth-order valence-electron chi connectivity index (χ4n) is 1.18. The Labute approximate surface area is 90.0 Å². The van der Waals surface area contributed by atoms with Crippen LogP contribution in [0.4, 0.5) is 0 Å². The molecule has 0 bridgehead atoms. The second-order valence-electron chi connectivity index (χ2n) is 3.89. The van der Waals surface area contributed by atoms with Gasteiger partial charge in [-0.05, 0) is 18.9 Å². The summed E-state index contributed by atoms with van der Waals surface area (Å²) in [4.78, 5) is 22.0. The van der Waals surface area contributed by atoms with Gasteiger partial charge in [-0.25, -0.2) is 0 Å². The van der Waals surface area contributed by atoms with Gasteiger partial charge in [0.05, 0.1) is 5.92 Å². The van der Waals surface area contributed by atoms with Crippen molar-refractivity contribution in [3.63, 3.8) is 0 Å². The minimum atomic E-state index is -0.871. The molecule has 0 saturated carbocycles. The van der Waals surface area contributed by atoms with Gasteiger partial charge in [-0.15, -0.1) is 0 Å². The lowest BCUT2D eigenvalue weighted by Gasteiger charge is -2.16. The van der Waals surface area contributed by atoms with Crippen LogP contribution in [0.1, 0.15) is 26.7 Å². The summed E-state index contributed by atoms with van der Waals surface area (Å²) in [5.41, 5.74) is 5.26. The summed E-state index contributed by atoms with van der Waals surface area (Å²) in [6.45, 7) is 4.31. The molecule has 0 saturated heterocycles. The first-order valence-electron chi connectivity index (χ1n) is 5.18. The molecule has 0 aromatic rings. The highest BCUT2D eigenvalue weighted by Gasteiger charge is 2.21. The molecule has 1 atom stereocenters. The summed E-state index contributed by atoms with van der Waals surface area (Å²) in [7, 11) is 0. The van der Waals surface area contributed by atoms with Crippen LogP contribution in [0.5, 0.6) is 0 Å². The van der Waals surface area contributed by atoms with E-state index >= 15 is 0 Å². The lowest BCUT2D eigenvalue weighted by atomic mass is 9.96. The number of nitrogens with one attached hydrogen (secondary N) is 1. The second-order valence-corrected chi connectivity index (χ2v) is 3.89. The minimum Gasteiger partial charge on any atom is -0.481 e. The molecule has 0 fully saturated rings. The lowest BCUT2D eigenvalue weighted by Crippen LogP contribution is -2.35. The van der Waals surface area contributed by atoms with E-state index in [2.05, 4.69) is 5.32 Å². The standard InChI is InChI=1S/C10H20N2O3/c1-7(2)8(10(14)15)6-12-9(13)4-3-5-11/h7-8H,3-6,11H2,1-2H3,(H,12,13)(H,14,15). The molecule has 5 nitrogen and oxygen atoms in total. The number of carbonyl (C=O) groups excluding carboxylic acids is 1. The predicted molar refractivity (Wildman–Crippen MR) is 57.3 cm³/mol. The van der Waals surface area contributed by atoms with Crippen LogP contribution in [0.2, 0.25) is 0 Å². The third-order valence-electron chi connectivity index (χ3n) is 2.25. The Morgan fingerprint density at radius 2 is 2.00 bits per heavy atom. The molecule has 0 spiro atoms. The van der Waals surface area contributed by atoms with E-state index in [0.717, 1.165) is 0 Å². The molecule has 0 rings (SSSR count). The molecule has 0 aliphatic heterocycles. The summed E-state index contributed by atoms with van der Waals surface area (Å²) in [6.07, 6.45) is 0.992. The SMILES string of the molecule is CC(C)C(CNC(=O)CCCN)C(=O)O. The number of carboxylic acid groups (broad SMARTS) is 1. The van der Waals surface area contributed by atoms with E-state index in [1.54, 1.807) is 0 Å². The van der Waals surface area contributed by atoms with Crippen LogP contribution in [0.15, 0.2) is 0 Å². The molecule has 15 heavy (non-hydrogen) atoms. The van der Waals surface area contributed by atoms with Crippen molar-refractivity contribution in [2.45, 2.75) is 26.7 Å². The monoisotopic (exact) mass is 216 g/mol. The molecule has 5 heteroatoms. The maximum Gasteiger partial charge on any atom is 0.308 e. The number of rotatable bonds is 7. The largest absolute Gasteiger partial charge is 0.481 e. The molecule has 0 heterocycles. The van der Waals surface area contributed by atoms with Gasteiger partial charge >= 0.3 is 5.97 Å². The Hall–Kier alpha value is -1.10. The van der Waals surface area contributed by atoms with Crippen LogP contribution < -0.4 is 11.1 Å². The van der Waals surface area contributed by atoms with Crippen LogP contribution in [0, 0.1) is 11.8 Å². The van der Waals surface area contributed by atoms with E-state index in [1.807, 2.05) is 13.8 Å². The molecule has 0 aliphatic carbocycles. The number of amides is 1. The van der Waals surface area contributed by atoms with E-state index in [4.69, 9.17) is 10.8 Å². The average Bonchev–Trinajstić information content (AvgIpc) is 2.13. The van der Waals surface area contributed by atoms with E-state index in [-0.39, 0.29) is 18.4 Å². The first-order chi connectivity index (χ1) is 6.99. The van der Waals surface area contributed by atoms with Crippen LogP contribution in [-0.4, -0.2) is 30.1 Å². The first-order valence-corrected chi connectivity index (χ1v) is 5.18. The topological polar surface area (TPSA) is 92.4 Å². The summed E-state index contributed by atoms with van der Waals surface area (Å²) >= 11 is 0. The minimum absolute atomic E-state index is 0.0114. The molecule has 88 valence electrons. The van der Waals surface area contributed by atoms with Gasteiger partial charge < -0.3 is 16.2 Å². The van der Waals surface area contributed by atoms with Crippen molar-refractivity contribution in [2.75, 3.05) is 13.1 Å². The van der Waals surface area contributed by atoms with Gasteiger partial charge in [0.1, 0.15) is 0 Å². The quantitative estimate of drug-likeness (QED) is 0.566. The molecule has 0 aliphatic rings. The number of hydrogen-bond donors (Lipinski definition) is 3. The molecule has 1 unspecified atom stereocenters. The molecule has 0 radical (unpaired) electrons. The zero-order chi connectivity index (χ0) is 11.8. The van der Waals surface area contributed by atoms with Crippen molar-refractivity contribution in [3.8, 4) is 0 Å². The smallest absolute Gasteiger partial charge is 0.308 e. The third kappa shape index (κ3) is 6.06. The van der Waals surface area contributed by atoms with Gasteiger partial charge in [0.25, 0.3) is 0 Å². The van der Waals surface area contributed by atoms with Crippen LogP contribution in [0.3, 0.4) is 0 Å². The normalized spacial score (nSPS) is 12.5. The Bertz CT molecular complexity index is 217. The fourth-order valence-corrected chi connectivity index (χ4v) is 1.18. The van der Waals surface area contributed by atoms with Gasteiger partial charge in [-0.2, -0.15) is 0 Å². The molecular weight excluding hydrogens is 196 g/mol. The number of nitrogens with two attached hydrogens (primary N) is 1. The number of carboxylic acids is 1. The summed E-state index contributed by atoms with van der Waals surface area (Å²) < 4.78 is 0. The van der Waals surface area contributed by atoms with Crippen molar-refractivity contribution in [2.24, 2.45) is 17.6 Å². The average molecular weight is 216 g/mol. The Morgan fingerprint density at radius 3 is 2.40 bits per heavy atom. The Balaban J connectivity index is 3.89. The maximum absolute atomic E-state index is 11.2. The van der Waals surface area contributed by atoms with Gasteiger partial charge in [-0.1, -0.05) is 13.8 Å².